The molecule has 0 spiro atoms. The Morgan fingerprint density at radius 3 is 2.66 bits per heavy atom. The summed E-state index contributed by atoms with van der Waals surface area (Å²) in [4.78, 5) is 12.8. The highest BCUT2D eigenvalue weighted by atomic mass is 35.5. The number of amides is 1. The van der Waals surface area contributed by atoms with E-state index in [1.165, 1.54) is 37.2 Å². The van der Waals surface area contributed by atoms with Crippen molar-refractivity contribution in [2.45, 2.75) is 13.5 Å². The molecule has 1 heterocycles. The molecule has 152 valence electrons. The Morgan fingerprint density at radius 2 is 1.97 bits per heavy atom. The van der Waals surface area contributed by atoms with E-state index in [1.807, 2.05) is 0 Å². The number of carbonyl (C=O) groups excluding carboxylic acids is 1. The molecule has 0 saturated heterocycles. The van der Waals surface area contributed by atoms with Crippen LogP contribution in [0.5, 0.6) is 11.5 Å². The molecular weight excluding hydrogens is 404 g/mol. The Labute approximate surface area is 171 Å². The molecule has 0 fully saturated rings. The summed E-state index contributed by atoms with van der Waals surface area (Å²) >= 11 is 6.16. The molecule has 0 aliphatic rings. The number of ether oxygens (including phenoxy) is 2. The third-order valence-corrected chi connectivity index (χ3v) is 4.56. The van der Waals surface area contributed by atoms with Gasteiger partial charge in [-0.1, -0.05) is 11.6 Å². The molecule has 0 aliphatic heterocycles. The van der Waals surface area contributed by atoms with Crippen LogP contribution in [0.4, 0.5) is 14.6 Å². The highest BCUT2D eigenvalue weighted by Crippen LogP contribution is 2.36. The van der Waals surface area contributed by atoms with Gasteiger partial charge in [0.15, 0.2) is 11.5 Å². The summed E-state index contributed by atoms with van der Waals surface area (Å²) in [5.74, 6) is -0.632. The summed E-state index contributed by atoms with van der Waals surface area (Å²) < 4.78 is 39.2. The van der Waals surface area contributed by atoms with Gasteiger partial charge < -0.3 is 14.8 Å². The Hall–Kier alpha value is -3.13. The van der Waals surface area contributed by atoms with E-state index < -0.39 is 17.5 Å². The number of aryl methyl sites for hydroxylation is 1. The van der Waals surface area contributed by atoms with E-state index in [-0.39, 0.29) is 22.7 Å². The van der Waals surface area contributed by atoms with Crippen molar-refractivity contribution < 1.29 is 23.0 Å². The van der Waals surface area contributed by atoms with Crippen LogP contribution in [0.1, 0.15) is 21.5 Å². The van der Waals surface area contributed by atoms with Gasteiger partial charge in [0.05, 0.1) is 32.0 Å². The number of carbonyl (C=O) groups is 1. The minimum atomic E-state index is -0.566. The van der Waals surface area contributed by atoms with Gasteiger partial charge in [0.2, 0.25) is 0 Å². The fourth-order valence-corrected chi connectivity index (χ4v) is 3.10. The number of anilines is 1. The number of benzene rings is 2. The predicted octanol–water partition coefficient (Wildman–Crippen LogP) is 4.44. The summed E-state index contributed by atoms with van der Waals surface area (Å²) in [6.45, 7) is 1.68. The van der Waals surface area contributed by atoms with Crippen molar-refractivity contribution >= 4 is 23.3 Å². The minimum absolute atomic E-state index is 0.0558. The van der Waals surface area contributed by atoms with E-state index in [2.05, 4.69) is 10.4 Å². The highest BCUT2D eigenvalue weighted by Gasteiger charge is 2.18. The summed E-state index contributed by atoms with van der Waals surface area (Å²) in [6, 6.07) is 6.11. The first-order chi connectivity index (χ1) is 13.8. The van der Waals surface area contributed by atoms with Crippen LogP contribution in [0, 0.1) is 18.6 Å². The van der Waals surface area contributed by atoms with Crippen LogP contribution in [0.15, 0.2) is 36.5 Å². The molecule has 2 aromatic carbocycles. The lowest BCUT2D eigenvalue weighted by atomic mass is 10.1. The van der Waals surface area contributed by atoms with Gasteiger partial charge in [-0.2, -0.15) is 5.10 Å². The highest BCUT2D eigenvalue weighted by molar-refractivity contribution is 6.32. The molecule has 0 bridgehead atoms. The molecule has 6 nitrogen and oxygen atoms in total. The largest absolute Gasteiger partial charge is 0.493 e. The van der Waals surface area contributed by atoms with Crippen molar-refractivity contribution in [3.63, 3.8) is 0 Å². The zero-order valence-electron chi connectivity index (χ0n) is 15.9. The van der Waals surface area contributed by atoms with E-state index >= 15 is 0 Å². The lowest BCUT2D eigenvalue weighted by Crippen LogP contribution is -2.17. The molecule has 0 unspecified atom stereocenters. The Balaban J connectivity index is 1.89. The smallest absolute Gasteiger partial charge is 0.257 e. The van der Waals surface area contributed by atoms with Gasteiger partial charge in [0, 0.05) is 16.7 Å². The van der Waals surface area contributed by atoms with E-state index in [1.54, 1.807) is 6.92 Å². The second kappa shape index (κ2) is 8.48. The molecule has 3 rings (SSSR count). The standard InChI is InChI=1S/C20H18ClF2N3O3/c1-11-9-24-26(10-13-6-14(22)4-5-16(13)23)19(11)25-20(27)12-7-15(21)18(29-3)17(8-12)28-2/h4-9H,10H2,1-3H3,(H,25,27). The lowest BCUT2D eigenvalue weighted by Gasteiger charge is -2.13. The summed E-state index contributed by atoms with van der Waals surface area (Å²) in [5, 5.41) is 7.10. The molecule has 1 N–H and O–H groups in total. The Kier molecular flexibility index (Phi) is 6.03. The number of rotatable bonds is 6. The summed E-state index contributed by atoms with van der Waals surface area (Å²) in [6.07, 6.45) is 1.52. The number of hydrogen-bond donors (Lipinski definition) is 1. The van der Waals surface area contributed by atoms with Gasteiger partial charge in [0.1, 0.15) is 17.5 Å². The molecule has 3 aromatic rings. The third-order valence-electron chi connectivity index (χ3n) is 4.28. The van der Waals surface area contributed by atoms with Crippen molar-refractivity contribution in [3.8, 4) is 11.5 Å². The van der Waals surface area contributed by atoms with Crippen LogP contribution in [-0.4, -0.2) is 29.9 Å². The normalized spacial score (nSPS) is 10.7. The molecule has 0 atom stereocenters. The monoisotopic (exact) mass is 421 g/mol. The number of halogens is 3. The Morgan fingerprint density at radius 1 is 1.21 bits per heavy atom. The second-order valence-electron chi connectivity index (χ2n) is 6.22. The lowest BCUT2D eigenvalue weighted by molar-refractivity contribution is 0.102. The first kappa shape index (κ1) is 20.6. The average Bonchev–Trinajstić information content (AvgIpc) is 3.03. The SMILES string of the molecule is COc1cc(C(=O)Nc2c(C)cnn2Cc2cc(F)ccc2F)cc(Cl)c1OC. The zero-order valence-corrected chi connectivity index (χ0v) is 16.7. The third kappa shape index (κ3) is 4.32. The summed E-state index contributed by atoms with van der Waals surface area (Å²) in [5.41, 5.74) is 0.997. The fraction of sp³-hybridized carbons (Fsp3) is 0.200. The van der Waals surface area contributed by atoms with Gasteiger partial charge >= 0.3 is 0 Å². The second-order valence-corrected chi connectivity index (χ2v) is 6.62. The van der Waals surface area contributed by atoms with Crippen LogP contribution in [-0.2, 0) is 6.54 Å². The maximum atomic E-state index is 14.0. The first-order valence-electron chi connectivity index (χ1n) is 8.53. The van der Waals surface area contributed by atoms with E-state index in [9.17, 15) is 13.6 Å². The predicted molar refractivity (Wildman–Crippen MR) is 105 cm³/mol. The van der Waals surface area contributed by atoms with Crippen LogP contribution in [0.25, 0.3) is 0 Å². The fourth-order valence-electron chi connectivity index (χ4n) is 2.82. The zero-order chi connectivity index (χ0) is 21.1. The Bertz CT molecular complexity index is 1070. The number of aromatic nitrogens is 2. The number of hydrogen-bond acceptors (Lipinski definition) is 4. The quantitative estimate of drug-likeness (QED) is 0.639. The van der Waals surface area contributed by atoms with E-state index in [0.717, 1.165) is 18.2 Å². The molecule has 1 aromatic heterocycles. The average molecular weight is 422 g/mol. The van der Waals surface area contributed by atoms with Gasteiger partial charge in [-0.3, -0.25) is 4.79 Å². The van der Waals surface area contributed by atoms with Crippen LogP contribution < -0.4 is 14.8 Å². The van der Waals surface area contributed by atoms with Crippen molar-refractivity contribution in [2.24, 2.45) is 0 Å². The van der Waals surface area contributed by atoms with E-state index in [0.29, 0.717) is 22.9 Å². The van der Waals surface area contributed by atoms with Crippen molar-refractivity contribution in [3.05, 3.63) is 69.9 Å². The number of methoxy groups -OCH3 is 2. The maximum absolute atomic E-state index is 14.0. The van der Waals surface area contributed by atoms with Crippen LogP contribution >= 0.6 is 11.6 Å². The van der Waals surface area contributed by atoms with Gasteiger partial charge in [-0.15, -0.1) is 0 Å². The van der Waals surface area contributed by atoms with Gasteiger partial charge in [-0.05, 0) is 37.3 Å². The topological polar surface area (TPSA) is 65.4 Å². The first-order valence-corrected chi connectivity index (χ1v) is 8.91. The molecule has 1 amide bonds. The molecule has 0 saturated carbocycles. The van der Waals surface area contributed by atoms with Crippen molar-refractivity contribution in [1.29, 1.82) is 0 Å². The molecule has 9 heteroatoms. The molecular formula is C20H18ClF2N3O3. The molecule has 29 heavy (non-hydrogen) atoms. The van der Waals surface area contributed by atoms with Gasteiger partial charge in [-0.25, -0.2) is 13.5 Å². The summed E-state index contributed by atoms with van der Waals surface area (Å²) in [7, 11) is 2.87. The molecule has 0 aliphatic carbocycles. The minimum Gasteiger partial charge on any atom is -0.493 e. The number of nitrogens with zero attached hydrogens (tertiary/aromatic N) is 2. The number of nitrogens with one attached hydrogen (secondary N) is 1. The van der Waals surface area contributed by atoms with Gasteiger partial charge in [0.25, 0.3) is 5.91 Å². The van der Waals surface area contributed by atoms with E-state index in [4.69, 9.17) is 21.1 Å². The molecule has 0 radical (unpaired) electrons. The van der Waals surface area contributed by atoms with Crippen LogP contribution in [0.3, 0.4) is 0 Å². The van der Waals surface area contributed by atoms with Crippen molar-refractivity contribution in [2.75, 3.05) is 19.5 Å². The maximum Gasteiger partial charge on any atom is 0.257 e. The van der Waals surface area contributed by atoms with Crippen LogP contribution in [0.2, 0.25) is 5.02 Å². The van der Waals surface area contributed by atoms with Crippen molar-refractivity contribution in [1.82, 2.24) is 9.78 Å².